The van der Waals surface area contributed by atoms with Gasteiger partial charge in [-0.2, -0.15) is 0 Å². The summed E-state index contributed by atoms with van der Waals surface area (Å²) in [5.41, 5.74) is 8.40. The summed E-state index contributed by atoms with van der Waals surface area (Å²) in [4.78, 5) is 4.13. The highest BCUT2D eigenvalue weighted by Gasteiger charge is 2.16. The molecule has 2 rings (SSSR count). The molecule has 3 heteroatoms. The van der Waals surface area contributed by atoms with E-state index in [1.165, 1.54) is 5.56 Å². The van der Waals surface area contributed by atoms with E-state index in [1.807, 2.05) is 31.3 Å². The minimum atomic E-state index is -0.0838. The van der Waals surface area contributed by atoms with Crippen molar-refractivity contribution >= 4 is 0 Å². The molecule has 2 atom stereocenters. The predicted molar refractivity (Wildman–Crippen MR) is 81.3 cm³/mol. The van der Waals surface area contributed by atoms with Crippen molar-refractivity contribution in [3.63, 3.8) is 0 Å². The molecule has 2 aromatic rings. The molecule has 20 heavy (non-hydrogen) atoms. The quantitative estimate of drug-likeness (QED) is 0.786. The first-order valence-corrected chi connectivity index (χ1v) is 7.08. The molecule has 0 saturated heterocycles. The second kappa shape index (κ2) is 7.78. The van der Waals surface area contributed by atoms with Crippen molar-refractivity contribution in [1.82, 2.24) is 4.98 Å². The molecule has 0 amide bonds. The van der Waals surface area contributed by atoms with Crippen LogP contribution in [0.5, 0.6) is 0 Å². The van der Waals surface area contributed by atoms with Crippen molar-refractivity contribution < 1.29 is 4.74 Å². The van der Waals surface area contributed by atoms with Crippen molar-refractivity contribution in [3.8, 4) is 0 Å². The smallest absolute Gasteiger partial charge is 0.0987 e. The van der Waals surface area contributed by atoms with E-state index in [9.17, 15) is 0 Å². The van der Waals surface area contributed by atoms with Crippen LogP contribution in [0, 0.1) is 0 Å². The zero-order valence-electron chi connectivity index (χ0n) is 11.9. The lowest BCUT2D eigenvalue weighted by Gasteiger charge is -2.21. The molecule has 2 N–H and O–H groups in total. The van der Waals surface area contributed by atoms with Crippen molar-refractivity contribution in [3.05, 3.63) is 66.0 Å². The summed E-state index contributed by atoms with van der Waals surface area (Å²) in [6.45, 7) is 2.67. The van der Waals surface area contributed by atoms with E-state index in [4.69, 9.17) is 10.5 Å². The third-order valence-electron chi connectivity index (χ3n) is 3.24. The van der Waals surface area contributed by atoms with Gasteiger partial charge < -0.3 is 10.5 Å². The Morgan fingerprint density at radius 1 is 1.15 bits per heavy atom. The summed E-state index contributed by atoms with van der Waals surface area (Å²) >= 11 is 0. The summed E-state index contributed by atoms with van der Waals surface area (Å²) < 4.78 is 5.95. The average molecular weight is 270 g/mol. The number of benzene rings is 1. The maximum atomic E-state index is 6.01. The molecular formula is C17H22N2O. The van der Waals surface area contributed by atoms with Gasteiger partial charge in [0.05, 0.1) is 6.10 Å². The Kier molecular flexibility index (Phi) is 5.71. The number of nitrogens with two attached hydrogens (primary N) is 1. The third-order valence-corrected chi connectivity index (χ3v) is 3.24. The van der Waals surface area contributed by atoms with Crippen LogP contribution in [-0.2, 0) is 11.2 Å². The van der Waals surface area contributed by atoms with E-state index in [1.54, 1.807) is 6.20 Å². The van der Waals surface area contributed by atoms with Gasteiger partial charge >= 0.3 is 0 Å². The van der Waals surface area contributed by atoms with Crippen molar-refractivity contribution in [2.75, 3.05) is 6.61 Å². The highest BCUT2D eigenvalue weighted by molar-refractivity contribution is 5.15. The van der Waals surface area contributed by atoms with Gasteiger partial charge in [0.2, 0.25) is 0 Å². The highest BCUT2D eigenvalue weighted by Crippen LogP contribution is 2.19. The largest absolute Gasteiger partial charge is 0.372 e. The van der Waals surface area contributed by atoms with Gasteiger partial charge in [0.25, 0.3) is 0 Å². The molecule has 0 radical (unpaired) electrons. The molecule has 0 aliphatic carbocycles. The first kappa shape index (κ1) is 14.7. The SMILES string of the molecule is CC(N)C(OCCCc1ccccc1)c1cccnc1. The summed E-state index contributed by atoms with van der Waals surface area (Å²) in [5, 5.41) is 0. The molecule has 0 aliphatic heterocycles. The zero-order chi connectivity index (χ0) is 14.2. The molecular weight excluding hydrogens is 248 g/mol. The molecule has 0 saturated carbocycles. The van der Waals surface area contributed by atoms with Crippen LogP contribution in [0.3, 0.4) is 0 Å². The van der Waals surface area contributed by atoms with Crippen LogP contribution in [-0.4, -0.2) is 17.6 Å². The highest BCUT2D eigenvalue weighted by atomic mass is 16.5. The predicted octanol–water partition coefficient (Wildman–Crippen LogP) is 3.12. The first-order valence-electron chi connectivity index (χ1n) is 7.08. The molecule has 1 aromatic carbocycles. The van der Waals surface area contributed by atoms with E-state index < -0.39 is 0 Å². The van der Waals surface area contributed by atoms with Gasteiger partial charge in [-0.15, -0.1) is 0 Å². The molecule has 1 aromatic heterocycles. The van der Waals surface area contributed by atoms with Gasteiger partial charge in [-0.05, 0) is 31.4 Å². The Labute approximate surface area is 120 Å². The van der Waals surface area contributed by atoms with Crippen LogP contribution < -0.4 is 5.73 Å². The zero-order valence-corrected chi connectivity index (χ0v) is 11.9. The number of aryl methyl sites for hydroxylation is 1. The lowest BCUT2D eigenvalue weighted by atomic mass is 10.1. The maximum Gasteiger partial charge on any atom is 0.0987 e. The van der Waals surface area contributed by atoms with E-state index >= 15 is 0 Å². The molecule has 106 valence electrons. The average Bonchev–Trinajstić information content (AvgIpc) is 2.49. The number of hydrogen-bond acceptors (Lipinski definition) is 3. The van der Waals surface area contributed by atoms with E-state index in [-0.39, 0.29) is 12.1 Å². The van der Waals surface area contributed by atoms with Crippen LogP contribution in [0.4, 0.5) is 0 Å². The van der Waals surface area contributed by atoms with E-state index in [0.29, 0.717) is 6.61 Å². The molecule has 0 spiro atoms. The fraction of sp³-hybridized carbons (Fsp3) is 0.353. The van der Waals surface area contributed by atoms with Crippen LogP contribution in [0.2, 0.25) is 0 Å². The molecule has 0 fully saturated rings. The van der Waals surface area contributed by atoms with Gasteiger partial charge in [-0.1, -0.05) is 36.4 Å². The number of hydrogen-bond donors (Lipinski definition) is 1. The number of rotatable bonds is 7. The minimum absolute atomic E-state index is 0.0454. The number of nitrogens with zero attached hydrogens (tertiary/aromatic N) is 1. The molecule has 0 aliphatic rings. The van der Waals surface area contributed by atoms with Gasteiger partial charge in [0.1, 0.15) is 0 Å². The fourth-order valence-electron chi connectivity index (χ4n) is 2.23. The normalized spacial score (nSPS) is 13.9. The van der Waals surface area contributed by atoms with E-state index in [0.717, 1.165) is 18.4 Å². The van der Waals surface area contributed by atoms with E-state index in [2.05, 4.69) is 29.2 Å². The summed E-state index contributed by atoms with van der Waals surface area (Å²) in [7, 11) is 0. The number of ether oxygens (including phenoxy) is 1. The summed E-state index contributed by atoms with van der Waals surface area (Å²) in [5.74, 6) is 0. The van der Waals surface area contributed by atoms with Crippen molar-refractivity contribution in [2.45, 2.75) is 31.9 Å². The summed E-state index contributed by atoms with van der Waals surface area (Å²) in [6.07, 6.45) is 5.52. The van der Waals surface area contributed by atoms with Crippen LogP contribution >= 0.6 is 0 Å². The molecule has 0 bridgehead atoms. The standard InChI is InChI=1S/C17H22N2O/c1-14(18)17(16-10-5-11-19-13-16)20-12-6-9-15-7-3-2-4-8-15/h2-5,7-8,10-11,13-14,17H,6,9,12,18H2,1H3. The second-order valence-electron chi connectivity index (χ2n) is 5.03. The fourth-order valence-corrected chi connectivity index (χ4v) is 2.23. The summed E-state index contributed by atoms with van der Waals surface area (Å²) in [6, 6.07) is 14.3. The molecule has 1 heterocycles. The van der Waals surface area contributed by atoms with Crippen molar-refractivity contribution in [2.24, 2.45) is 5.73 Å². The van der Waals surface area contributed by atoms with Gasteiger partial charge in [0.15, 0.2) is 0 Å². The van der Waals surface area contributed by atoms with Gasteiger partial charge in [0, 0.05) is 30.6 Å². The second-order valence-corrected chi connectivity index (χ2v) is 5.03. The lowest BCUT2D eigenvalue weighted by Crippen LogP contribution is -2.27. The monoisotopic (exact) mass is 270 g/mol. The Balaban J connectivity index is 1.82. The van der Waals surface area contributed by atoms with Crippen LogP contribution in [0.1, 0.15) is 30.6 Å². The Morgan fingerprint density at radius 3 is 2.60 bits per heavy atom. The van der Waals surface area contributed by atoms with Crippen LogP contribution in [0.15, 0.2) is 54.9 Å². The Hall–Kier alpha value is -1.71. The Bertz CT molecular complexity index is 485. The Morgan fingerprint density at radius 2 is 1.95 bits per heavy atom. The molecule has 3 nitrogen and oxygen atoms in total. The van der Waals surface area contributed by atoms with Crippen LogP contribution in [0.25, 0.3) is 0 Å². The first-order chi connectivity index (χ1) is 9.77. The maximum absolute atomic E-state index is 6.01. The van der Waals surface area contributed by atoms with Gasteiger partial charge in [-0.3, -0.25) is 4.98 Å². The third kappa shape index (κ3) is 4.44. The van der Waals surface area contributed by atoms with Gasteiger partial charge in [-0.25, -0.2) is 0 Å². The number of aromatic nitrogens is 1. The lowest BCUT2D eigenvalue weighted by molar-refractivity contribution is 0.0367. The topological polar surface area (TPSA) is 48.1 Å². The molecule has 2 unspecified atom stereocenters. The number of pyridine rings is 1. The van der Waals surface area contributed by atoms with Crippen molar-refractivity contribution in [1.29, 1.82) is 0 Å². The minimum Gasteiger partial charge on any atom is -0.372 e.